The molecule has 8 nitrogen and oxygen atoms in total. The fourth-order valence-electron chi connectivity index (χ4n) is 2.89. The first kappa shape index (κ1) is 21.8. The Morgan fingerprint density at radius 1 is 1.10 bits per heavy atom. The zero-order valence-corrected chi connectivity index (χ0v) is 18.0. The largest absolute Gasteiger partial charge is 0.497 e. The minimum atomic E-state index is -0.466. The number of thiophene rings is 1. The van der Waals surface area contributed by atoms with Gasteiger partial charge in [-0.05, 0) is 43.2 Å². The lowest BCUT2D eigenvalue weighted by molar-refractivity contribution is 0.0393. The quantitative estimate of drug-likeness (QED) is 0.359. The first-order chi connectivity index (χ1) is 14.5. The Morgan fingerprint density at radius 3 is 2.53 bits per heavy atom. The zero-order valence-electron chi connectivity index (χ0n) is 17.2. The molecule has 2 aromatic heterocycles. The van der Waals surface area contributed by atoms with E-state index in [0.29, 0.717) is 46.8 Å². The number of hydrogen-bond acceptors (Lipinski definition) is 8. The van der Waals surface area contributed by atoms with Crippen LogP contribution < -0.4 is 15.0 Å². The Balaban J connectivity index is 1.65. The molecule has 9 heteroatoms. The van der Waals surface area contributed by atoms with Gasteiger partial charge in [-0.15, -0.1) is 11.3 Å². The molecule has 30 heavy (non-hydrogen) atoms. The molecular weight excluding hydrogens is 408 g/mol. The number of esters is 1. The smallest absolute Gasteiger partial charge is 0.348 e. The third kappa shape index (κ3) is 4.98. The number of aryl methyl sites for hydroxylation is 2. The van der Waals surface area contributed by atoms with Crippen molar-refractivity contribution in [3.05, 3.63) is 51.4 Å². The SMILES string of the molecule is COCCOC(=O)c1sc2ncn(CCCOc3ccc(OC)cc3)c(=O)c2c1C. The average Bonchev–Trinajstić information content (AvgIpc) is 3.10. The Kier molecular flexibility index (Phi) is 7.42. The number of fused-ring (bicyclic) bond motifs is 1. The van der Waals surface area contributed by atoms with E-state index in [9.17, 15) is 9.59 Å². The highest BCUT2D eigenvalue weighted by molar-refractivity contribution is 7.20. The van der Waals surface area contributed by atoms with Crippen molar-refractivity contribution in [1.29, 1.82) is 0 Å². The Morgan fingerprint density at radius 2 is 1.83 bits per heavy atom. The van der Waals surface area contributed by atoms with E-state index in [1.807, 2.05) is 24.3 Å². The summed E-state index contributed by atoms with van der Waals surface area (Å²) in [5.74, 6) is 1.04. The maximum atomic E-state index is 12.9. The molecule has 0 saturated heterocycles. The van der Waals surface area contributed by atoms with Gasteiger partial charge in [-0.3, -0.25) is 9.36 Å². The second kappa shape index (κ2) is 10.2. The molecule has 2 heterocycles. The van der Waals surface area contributed by atoms with E-state index >= 15 is 0 Å². The number of nitrogens with zero attached hydrogens (tertiary/aromatic N) is 2. The highest BCUT2D eigenvalue weighted by Gasteiger charge is 2.20. The highest BCUT2D eigenvalue weighted by Crippen LogP contribution is 2.27. The van der Waals surface area contributed by atoms with Crippen LogP contribution in [0.2, 0.25) is 0 Å². The van der Waals surface area contributed by atoms with Gasteiger partial charge in [0.25, 0.3) is 5.56 Å². The van der Waals surface area contributed by atoms with E-state index in [-0.39, 0.29) is 12.2 Å². The molecule has 0 aliphatic rings. The Bertz CT molecular complexity index is 1060. The van der Waals surface area contributed by atoms with Crippen LogP contribution in [0.25, 0.3) is 10.2 Å². The van der Waals surface area contributed by atoms with E-state index < -0.39 is 5.97 Å². The Labute approximate surface area is 178 Å². The van der Waals surface area contributed by atoms with Crippen LogP contribution in [0.1, 0.15) is 21.7 Å². The lowest BCUT2D eigenvalue weighted by Gasteiger charge is -2.08. The first-order valence-electron chi connectivity index (χ1n) is 9.46. The average molecular weight is 432 g/mol. The van der Waals surface area contributed by atoms with Gasteiger partial charge in [0, 0.05) is 13.7 Å². The van der Waals surface area contributed by atoms with E-state index in [0.717, 1.165) is 11.5 Å². The second-order valence-electron chi connectivity index (χ2n) is 6.49. The van der Waals surface area contributed by atoms with Crippen molar-refractivity contribution >= 4 is 27.5 Å². The van der Waals surface area contributed by atoms with Crippen LogP contribution in [0.3, 0.4) is 0 Å². The van der Waals surface area contributed by atoms with E-state index in [4.69, 9.17) is 18.9 Å². The van der Waals surface area contributed by atoms with Crippen LogP contribution in [0.15, 0.2) is 35.4 Å². The van der Waals surface area contributed by atoms with E-state index in [1.54, 1.807) is 18.6 Å². The molecule has 0 spiro atoms. The first-order valence-corrected chi connectivity index (χ1v) is 10.3. The maximum Gasteiger partial charge on any atom is 0.348 e. The molecule has 0 radical (unpaired) electrons. The maximum absolute atomic E-state index is 12.9. The Hall–Kier alpha value is -2.91. The van der Waals surface area contributed by atoms with Gasteiger partial charge in [0.2, 0.25) is 0 Å². The van der Waals surface area contributed by atoms with Crippen molar-refractivity contribution in [2.75, 3.05) is 34.0 Å². The topological polar surface area (TPSA) is 88.9 Å². The molecular formula is C21H24N2O6S. The van der Waals surface area contributed by atoms with Crippen LogP contribution in [0.4, 0.5) is 0 Å². The van der Waals surface area contributed by atoms with Crippen molar-refractivity contribution in [2.24, 2.45) is 0 Å². The molecule has 0 saturated carbocycles. The summed E-state index contributed by atoms with van der Waals surface area (Å²) in [5, 5.41) is 0.456. The predicted octanol–water partition coefficient (Wildman–Crippen LogP) is 3.05. The molecule has 160 valence electrons. The summed E-state index contributed by atoms with van der Waals surface area (Å²) in [4.78, 5) is 30.4. The van der Waals surface area contributed by atoms with Gasteiger partial charge in [-0.2, -0.15) is 0 Å². The van der Waals surface area contributed by atoms with Crippen molar-refractivity contribution in [3.8, 4) is 11.5 Å². The monoisotopic (exact) mass is 432 g/mol. The van der Waals surface area contributed by atoms with Gasteiger partial charge < -0.3 is 18.9 Å². The van der Waals surface area contributed by atoms with Crippen molar-refractivity contribution in [2.45, 2.75) is 19.9 Å². The lowest BCUT2D eigenvalue weighted by atomic mass is 10.2. The summed E-state index contributed by atoms with van der Waals surface area (Å²) in [7, 11) is 3.15. The number of carbonyl (C=O) groups is 1. The number of carbonyl (C=O) groups excluding carboxylic acids is 1. The lowest BCUT2D eigenvalue weighted by Crippen LogP contribution is -2.21. The molecule has 0 N–H and O–H groups in total. The second-order valence-corrected chi connectivity index (χ2v) is 7.48. The van der Waals surface area contributed by atoms with Gasteiger partial charge in [-0.1, -0.05) is 0 Å². The number of rotatable bonds is 10. The highest BCUT2D eigenvalue weighted by atomic mass is 32.1. The van der Waals surface area contributed by atoms with Gasteiger partial charge in [0.1, 0.15) is 27.8 Å². The fourth-order valence-corrected chi connectivity index (χ4v) is 3.93. The molecule has 0 aliphatic carbocycles. The molecule has 0 aliphatic heterocycles. The summed E-state index contributed by atoms with van der Waals surface area (Å²) in [6.07, 6.45) is 2.14. The summed E-state index contributed by atoms with van der Waals surface area (Å²) in [6.45, 7) is 3.14. The number of ether oxygens (including phenoxy) is 4. The summed E-state index contributed by atoms with van der Waals surface area (Å²) < 4.78 is 22.4. The van der Waals surface area contributed by atoms with Crippen LogP contribution in [0.5, 0.6) is 11.5 Å². The molecule has 0 unspecified atom stereocenters. The molecule has 0 atom stereocenters. The van der Waals surface area contributed by atoms with Gasteiger partial charge in [-0.25, -0.2) is 9.78 Å². The van der Waals surface area contributed by atoms with E-state index in [1.165, 1.54) is 24.8 Å². The fraction of sp³-hybridized carbons (Fsp3) is 0.381. The van der Waals surface area contributed by atoms with Crippen LogP contribution >= 0.6 is 11.3 Å². The normalized spacial score (nSPS) is 10.9. The van der Waals surface area contributed by atoms with Crippen molar-refractivity contribution in [3.63, 3.8) is 0 Å². The molecule has 0 amide bonds. The van der Waals surface area contributed by atoms with Crippen molar-refractivity contribution in [1.82, 2.24) is 9.55 Å². The molecule has 0 fully saturated rings. The predicted molar refractivity (Wildman–Crippen MR) is 114 cm³/mol. The van der Waals surface area contributed by atoms with E-state index in [2.05, 4.69) is 4.98 Å². The van der Waals surface area contributed by atoms with Gasteiger partial charge in [0.15, 0.2) is 0 Å². The standard InChI is InChI=1S/C21H24N2O6S/c1-14-17-19(30-18(14)21(25)29-12-11-26-2)22-13-23(20(17)24)9-4-10-28-16-7-5-15(27-3)6-8-16/h5-8,13H,4,9-12H2,1-3H3. The minimum absolute atomic E-state index is 0.162. The number of benzene rings is 1. The van der Waals surface area contributed by atoms with Crippen LogP contribution in [-0.2, 0) is 16.0 Å². The summed E-state index contributed by atoms with van der Waals surface area (Å²) >= 11 is 1.17. The zero-order chi connectivity index (χ0) is 21.5. The van der Waals surface area contributed by atoms with Crippen molar-refractivity contribution < 1.29 is 23.7 Å². The number of methoxy groups -OCH3 is 2. The van der Waals surface area contributed by atoms with Crippen LogP contribution in [0, 0.1) is 6.92 Å². The number of aromatic nitrogens is 2. The summed E-state index contributed by atoms with van der Waals surface area (Å²) in [5.41, 5.74) is 0.424. The summed E-state index contributed by atoms with van der Waals surface area (Å²) in [6, 6.07) is 7.32. The van der Waals surface area contributed by atoms with Gasteiger partial charge >= 0.3 is 5.97 Å². The number of hydrogen-bond donors (Lipinski definition) is 0. The molecule has 3 aromatic rings. The molecule has 1 aromatic carbocycles. The third-order valence-electron chi connectivity index (χ3n) is 4.49. The minimum Gasteiger partial charge on any atom is -0.497 e. The van der Waals surface area contributed by atoms with Crippen LogP contribution in [-0.4, -0.2) is 49.6 Å². The van der Waals surface area contributed by atoms with Gasteiger partial charge in [0.05, 0.1) is 32.0 Å². The third-order valence-corrected chi connectivity index (χ3v) is 5.67. The molecule has 3 rings (SSSR count). The molecule has 0 bridgehead atoms.